The molecule has 0 unspecified atom stereocenters. The molecular weight excluding hydrogens is 577 g/mol. The standard InChI is InChI=1S/C15H10NS.C12H10N.Ir/c1-2-8-16-15(6-1)13-5-3-4-12(10-13)14-7-9-17-11-14;1-10-6-5-9-12(13-10)11-7-3-2-4-8-11;/h1-4,6-11H;2-7,9H,1H3;/q2*-1;. The van der Waals surface area contributed by atoms with Gasteiger partial charge in [0.2, 0.25) is 0 Å². The maximum atomic E-state index is 4.41. The van der Waals surface area contributed by atoms with Gasteiger partial charge in [-0.3, -0.25) is 0 Å². The van der Waals surface area contributed by atoms with E-state index < -0.39 is 0 Å². The average Bonchev–Trinajstić information content (AvgIpc) is 3.36. The summed E-state index contributed by atoms with van der Waals surface area (Å²) in [7, 11) is 0. The molecule has 155 valence electrons. The first-order chi connectivity index (χ1) is 14.8. The Kier molecular flexibility index (Phi) is 8.43. The van der Waals surface area contributed by atoms with Gasteiger partial charge < -0.3 is 9.97 Å². The van der Waals surface area contributed by atoms with E-state index in [1.807, 2.05) is 73.7 Å². The summed E-state index contributed by atoms with van der Waals surface area (Å²) in [5.41, 5.74) is 7.53. The topological polar surface area (TPSA) is 25.8 Å². The third-order valence-electron chi connectivity index (χ3n) is 4.47. The summed E-state index contributed by atoms with van der Waals surface area (Å²) in [5.74, 6) is 0. The number of benzene rings is 2. The van der Waals surface area contributed by atoms with Gasteiger partial charge in [-0.05, 0) is 52.8 Å². The third-order valence-corrected chi connectivity index (χ3v) is 5.15. The van der Waals surface area contributed by atoms with Crippen molar-refractivity contribution in [1.82, 2.24) is 9.97 Å². The molecule has 3 heterocycles. The molecule has 2 nitrogen and oxygen atoms in total. The molecule has 0 bridgehead atoms. The summed E-state index contributed by atoms with van der Waals surface area (Å²) in [6.07, 6.45) is 1.81. The second kappa shape index (κ2) is 11.5. The van der Waals surface area contributed by atoms with Gasteiger partial charge >= 0.3 is 0 Å². The summed E-state index contributed by atoms with van der Waals surface area (Å²) >= 11 is 1.71. The molecule has 0 atom stereocenters. The zero-order chi connectivity index (χ0) is 20.6. The first-order valence-corrected chi connectivity index (χ1v) is 10.6. The van der Waals surface area contributed by atoms with Gasteiger partial charge in [-0.15, -0.1) is 65.7 Å². The SMILES string of the molecule is Cc1cccc(-c2[c-]cccc2)n1.[Ir].[c-]1ccc(-c2ccsc2)cc1-c1ccccn1. The van der Waals surface area contributed by atoms with Gasteiger partial charge in [0.1, 0.15) is 0 Å². The minimum absolute atomic E-state index is 0. The fraction of sp³-hybridized carbons (Fsp3) is 0.0370. The van der Waals surface area contributed by atoms with E-state index in [0.717, 1.165) is 28.2 Å². The average molecular weight is 597 g/mol. The fourth-order valence-corrected chi connectivity index (χ4v) is 3.66. The summed E-state index contributed by atoms with van der Waals surface area (Å²) in [6, 6.07) is 34.5. The molecular formula is C27H20IrN2S-2. The Morgan fingerprint density at radius 3 is 2.29 bits per heavy atom. The van der Waals surface area contributed by atoms with E-state index in [1.54, 1.807) is 17.5 Å². The third kappa shape index (κ3) is 6.28. The maximum Gasteiger partial charge on any atom is 0.0266 e. The van der Waals surface area contributed by atoms with Crippen LogP contribution >= 0.6 is 11.3 Å². The minimum atomic E-state index is 0. The molecule has 1 radical (unpaired) electrons. The molecule has 31 heavy (non-hydrogen) atoms. The van der Waals surface area contributed by atoms with Crippen molar-refractivity contribution in [1.29, 1.82) is 0 Å². The molecule has 0 N–H and O–H groups in total. The van der Waals surface area contributed by atoms with Crippen LogP contribution in [-0.4, -0.2) is 9.97 Å². The predicted octanol–water partition coefficient (Wildman–Crippen LogP) is 7.13. The maximum absolute atomic E-state index is 4.41. The first-order valence-electron chi connectivity index (χ1n) is 9.66. The molecule has 0 saturated carbocycles. The minimum Gasteiger partial charge on any atom is -0.305 e. The first kappa shape index (κ1) is 22.8. The number of aromatic nitrogens is 2. The van der Waals surface area contributed by atoms with Gasteiger partial charge in [-0.25, -0.2) is 0 Å². The summed E-state index contributed by atoms with van der Waals surface area (Å²) in [6.45, 7) is 1.99. The van der Waals surface area contributed by atoms with E-state index in [9.17, 15) is 0 Å². The number of hydrogen-bond donors (Lipinski definition) is 0. The molecule has 5 aromatic rings. The van der Waals surface area contributed by atoms with Gasteiger partial charge in [0, 0.05) is 32.0 Å². The van der Waals surface area contributed by atoms with E-state index in [2.05, 4.69) is 51.1 Å². The molecule has 2 aromatic carbocycles. The van der Waals surface area contributed by atoms with E-state index in [0.29, 0.717) is 0 Å². The van der Waals surface area contributed by atoms with Crippen molar-refractivity contribution in [3.05, 3.63) is 120 Å². The van der Waals surface area contributed by atoms with Crippen molar-refractivity contribution in [3.63, 3.8) is 0 Å². The van der Waals surface area contributed by atoms with E-state index >= 15 is 0 Å². The number of hydrogen-bond acceptors (Lipinski definition) is 3. The Bertz CT molecular complexity index is 1190. The summed E-state index contributed by atoms with van der Waals surface area (Å²) in [4.78, 5) is 8.75. The molecule has 4 heteroatoms. The largest absolute Gasteiger partial charge is 0.305 e. The van der Waals surface area contributed by atoms with Crippen LogP contribution in [0.25, 0.3) is 33.6 Å². The monoisotopic (exact) mass is 597 g/mol. The Labute approximate surface area is 201 Å². The molecule has 0 aliphatic rings. The van der Waals surface area contributed by atoms with Crippen molar-refractivity contribution in [2.24, 2.45) is 0 Å². The Balaban J connectivity index is 0.000000176. The van der Waals surface area contributed by atoms with Crippen LogP contribution in [0.15, 0.2) is 102 Å². The predicted molar refractivity (Wildman–Crippen MR) is 125 cm³/mol. The quantitative estimate of drug-likeness (QED) is 0.207. The van der Waals surface area contributed by atoms with Gasteiger partial charge in [0.25, 0.3) is 0 Å². The summed E-state index contributed by atoms with van der Waals surface area (Å²) < 4.78 is 0. The number of rotatable bonds is 3. The van der Waals surface area contributed by atoms with Crippen molar-refractivity contribution >= 4 is 11.3 Å². The molecule has 0 aliphatic heterocycles. The van der Waals surface area contributed by atoms with Crippen molar-refractivity contribution < 1.29 is 20.1 Å². The van der Waals surface area contributed by atoms with Gasteiger partial charge in [-0.2, -0.15) is 11.3 Å². The fourth-order valence-electron chi connectivity index (χ4n) is 2.99. The second-order valence-corrected chi connectivity index (χ2v) is 7.44. The van der Waals surface area contributed by atoms with Crippen molar-refractivity contribution in [3.8, 4) is 33.6 Å². The number of nitrogens with zero attached hydrogens (tertiary/aromatic N) is 2. The molecule has 0 aliphatic carbocycles. The Morgan fingerprint density at radius 1 is 0.742 bits per heavy atom. The van der Waals surface area contributed by atoms with Crippen LogP contribution < -0.4 is 0 Å². The van der Waals surface area contributed by atoms with Crippen LogP contribution in [0, 0.1) is 19.1 Å². The molecule has 3 aromatic heterocycles. The number of aryl methyl sites for hydroxylation is 1. The van der Waals surface area contributed by atoms with E-state index in [1.165, 1.54) is 11.1 Å². The molecule has 0 saturated heterocycles. The molecule has 0 fully saturated rings. The number of pyridine rings is 2. The second-order valence-electron chi connectivity index (χ2n) is 6.66. The van der Waals surface area contributed by atoms with Crippen LogP contribution in [0.4, 0.5) is 0 Å². The van der Waals surface area contributed by atoms with E-state index in [4.69, 9.17) is 0 Å². The van der Waals surface area contributed by atoms with Crippen molar-refractivity contribution in [2.75, 3.05) is 0 Å². The van der Waals surface area contributed by atoms with E-state index in [-0.39, 0.29) is 20.1 Å². The van der Waals surface area contributed by atoms with Crippen LogP contribution in [0.1, 0.15) is 5.69 Å². The zero-order valence-corrected chi connectivity index (χ0v) is 20.2. The molecule has 0 spiro atoms. The van der Waals surface area contributed by atoms with Crippen molar-refractivity contribution in [2.45, 2.75) is 6.92 Å². The van der Waals surface area contributed by atoms with Gasteiger partial charge in [-0.1, -0.05) is 29.8 Å². The Hall–Kier alpha value is -2.91. The molecule has 5 rings (SSSR count). The van der Waals surface area contributed by atoms with Gasteiger partial charge in [0.05, 0.1) is 0 Å². The summed E-state index contributed by atoms with van der Waals surface area (Å²) in [5, 5.41) is 4.24. The smallest absolute Gasteiger partial charge is 0.0266 e. The van der Waals surface area contributed by atoms with Crippen LogP contribution in [0.5, 0.6) is 0 Å². The van der Waals surface area contributed by atoms with Gasteiger partial charge in [0.15, 0.2) is 0 Å². The zero-order valence-electron chi connectivity index (χ0n) is 17.0. The van der Waals surface area contributed by atoms with Crippen LogP contribution in [-0.2, 0) is 20.1 Å². The van der Waals surface area contributed by atoms with Crippen LogP contribution in [0.2, 0.25) is 0 Å². The number of thiophene rings is 1. The molecule has 0 amide bonds. The normalized spacial score (nSPS) is 9.84. The Morgan fingerprint density at radius 2 is 1.58 bits per heavy atom. The van der Waals surface area contributed by atoms with Crippen LogP contribution in [0.3, 0.4) is 0 Å².